The van der Waals surface area contributed by atoms with Crippen LogP contribution in [0.4, 0.5) is 11.4 Å². The van der Waals surface area contributed by atoms with Gasteiger partial charge >= 0.3 is 5.97 Å². The second kappa shape index (κ2) is 8.69. The lowest BCUT2D eigenvalue weighted by molar-refractivity contribution is 0.0596. The fourth-order valence-electron chi connectivity index (χ4n) is 2.91. The normalized spacial score (nSPS) is 14.6. The number of para-hydroxylation sites is 1. The molecule has 1 aliphatic heterocycles. The molecule has 0 amide bonds. The molecule has 1 heterocycles. The maximum atomic E-state index is 13.1. The van der Waals surface area contributed by atoms with Crippen molar-refractivity contribution in [3.05, 3.63) is 51.5 Å². The van der Waals surface area contributed by atoms with Crippen LogP contribution >= 0.6 is 27.5 Å². The molecule has 0 radical (unpaired) electrons. The van der Waals surface area contributed by atoms with Crippen LogP contribution in [0.2, 0.25) is 5.02 Å². The SMILES string of the molecule is COC(=O)c1cc(Br)ccc1S(=O)(=O)Nc1cccc(Cl)c1N1CCOCC1. The van der Waals surface area contributed by atoms with E-state index < -0.39 is 16.0 Å². The van der Waals surface area contributed by atoms with Gasteiger partial charge in [-0.15, -0.1) is 0 Å². The van der Waals surface area contributed by atoms with Gasteiger partial charge in [-0.25, -0.2) is 13.2 Å². The first kappa shape index (κ1) is 20.9. The quantitative estimate of drug-likeness (QED) is 0.647. The zero-order valence-electron chi connectivity index (χ0n) is 14.9. The number of sulfonamides is 1. The number of nitrogens with zero attached hydrogens (tertiary/aromatic N) is 1. The van der Waals surface area contributed by atoms with Crippen molar-refractivity contribution >= 4 is 54.9 Å². The average Bonchev–Trinajstić information content (AvgIpc) is 2.67. The molecule has 3 rings (SSSR count). The molecule has 1 saturated heterocycles. The topological polar surface area (TPSA) is 84.9 Å². The summed E-state index contributed by atoms with van der Waals surface area (Å²) in [5.74, 6) is -0.749. The lowest BCUT2D eigenvalue weighted by Gasteiger charge is -2.31. The maximum Gasteiger partial charge on any atom is 0.339 e. The number of carbonyl (C=O) groups excluding carboxylic acids is 1. The molecule has 7 nitrogen and oxygen atoms in total. The molecule has 0 bridgehead atoms. The summed E-state index contributed by atoms with van der Waals surface area (Å²) in [5.41, 5.74) is 0.834. The van der Waals surface area contributed by atoms with Crippen molar-refractivity contribution in [1.29, 1.82) is 0 Å². The Balaban J connectivity index is 2.03. The molecule has 2 aromatic carbocycles. The first-order valence-electron chi connectivity index (χ1n) is 8.35. The zero-order chi connectivity index (χ0) is 20.3. The predicted molar refractivity (Wildman–Crippen MR) is 111 cm³/mol. The summed E-state index contributed by atoms with van der Waals surface area (Å²) < 4.78 is 39.4. The third kappa shape index (κ3) is 4.43. The number of hydrogen-bond donors (Lipinski definition) is 1. The first-order chi connectivity index (χ1) is 13.3. The van der Waals surface area contributed by atoms with Crippen LogP contribution in [0.5, 0.6) is 0 Å². The molecule has 0 aromatic heterocycles. The van der Waals surface area contributed by atoms with E-state index in [0.29, 0.717) is 47.2 Å². The molecular weight excluding hydrogens is 472 g/mol. The smallest absolute Gasteiger partial charge is 0.339 e. The minimum absolute atomic E-state index is 0.0701. The van der Waals surface area contributed by atoms with Gasteiger partial charge in [-0.2, -0.15) is 0 Å². The van der Waals surface area contributed by atoms with Crippen molar-refractivity contribution in [3.8, 4) is 0 Å². The molecule has 0 spiro atoms. The Labute approximate surface area is 176 Å². The van der Waals surface area contributed by atoms with Crippen LogP contribution in [0.3, 0.4) is 0 Å². The highest BCUT2D eigenvalue weighted by molar-refractivity contribution is 9.10. The minimum atomic E-state index is -4.08. The first-order valence-corrected chi connectivity index (χ1v) is 11.0. The Bertz CT molecular complexity index is 993. The molecule has 0 atom stereocenters. The standard InChI is InChI=1S/C18H18BrClN2O5S/c1-26-18(23)13-11-12(19)5-6-16(13)28(24,25)21-15-4-2-3-14(20)17(15)22-7-9-27-10-8-22/h2-6,11,21H,7-10H2,1H3. The largest absolute Gasteiger partial charge is 0.465 e. The van der Waals surface area contributed by atoms with Crippen LogP contribution < -0.4 is 9.62 Å². The third-order valence-corrected chi connectivity index (χ3v) is 6.42. The van der Waals surface area contributed by atoms with Crippen LogP contribution in [0.15, 0.2) is 45.8 Å². The van der Waals surface area contributed by atoms with Crippen LogP contribution in [0, 0.1) is 0 Å². The number of methoxy groups -OCH3 is 1. The number of anilines is 2. The second-order valence-corrected chi connectivity index (χ2v) is 8.95. The molecule has 1 aliphatic rings. The number of nitrogens with one attached hydrogen (secondary N) is 1. The number of rotatable bonds is 5. The Kier molecular flexibility index (Phi) is 6.49. The zero-order valence-corrected chi connectivity index (χ0v) is 18.1. The summed E-state index contributed by atoms with van der Waals surface area (Å²) in [4.78, 5) is 13.9. The highest BCUT2D eigenvalue weighted by atomic mass is 79.9. The van der Waals surface area contributed by atoms with Gasteiger partial charge in [0.2, 0.25) is 0 Å². The number of esters is 1. The Morgan fingerprint density at radius 1 is 1.25 bits per heavy atom. The van der Waals surface area contributed by atoms with Crippen LogP contribution in [-0.2, 0) is 19.5 Å². The van der Waals surface area contributed by atoms with E-state index >= 15 is 0 Å². The monoisotopic (exact) mass is 488 g/mol. The van der Waals surface area contributed by atoms with Crippen LogP contribution in [0.25, 0.3) is 0 Å². The second-order valence-electron chi connectivity index (χ2n) is 5.97. The number of benzene rings is 2. The molecule has 0 saturated carbocycles. The predicted octanol–water partition coefficient (Wildman–Crippen LogP) is 3.53. The van der Waals surface area contributed by atoms with Crippen molar-refractivity contribution in [2.45, 2.75) is 4.90 Å². The van der Waals surface area contributed by atoms with E-state index in [9.17, 15) is 13.2 Å². The van der Waals surface area contributed by atoms with E-state index in [0.717, 1.165) is 0 Å². The molecular formula is C18H18BrClN2O5S. The highest BCUT2D eigenvalue weighted by Crippen LogP contribution is 2.36. The number of morpholine rings is 1. The number of carbonyl (C=O) groups is 1. The summed E-state index contributed by atoms with van der Waals surface area (Å²) in [6, 6.07) is 9.28. The maximum absolute atomic E-state index is 13.1. The van der Waals surface area contributed by atoms with Crippen LogP contribution in [0.1, 0.15) is 10.4 Å². The number of hydrogen-bond acceptors (Lipinski definition) is 6. The third-order valence-electron chi connectivity index (χ3n) is 4.19. The highest BCUT2D eigenvalue weighted by Gasteiger charge is 2.26. The number of ether oxygens (including phenoxy) is 2. The Morgan fingerprint density at radius 3 is 2.64 bits per heavy atom. The lowest BCUT2D eigenvalue weighted by atomic mass is 10.2. The number of halogens is 2. The fourth-order valence-corrected chi connectivity index (χ4v) is 4.81. The summed E-state index contributed by atoms with van der Waals surface area (Å²) >= 11 is 9.61. The van der Waals surface area contributed by atoms with Crippen molar-refractivity contribution in [2.75, 3.05) is 43.0 Å². The van der Waals surface area contributed by atoms with E-state index in [2.05, 4.69) is 20.7 Å². The summed E-state index contributed by atoms with van der Waals surface area (Å²) in [6.07, 6.45) is 0. The average molecular weight is 490 g/mol. The molecule has 10 heteroatoms. The van der Waals surface area contributed by atoms with E-state index in [1.165, 1.54) is 19.2 Å². The van der Waals surface area contributed by atoms with E-state index in [1.807, 2.05) is 4.90 Å². The molecule has 0 aliphatic carbocycles. The van der Waals surface area contributed by atoms with Crippen molar-refractivity contribution in [2.24, 2.45) is 0 Å². The molecule has 2 aromatic rings. The van der Waals surface area contributed by atoms with Gasteiger partial charge in [-0.1, -0.05) is 33.6 Å². The van der Waals surface area contributed by atoms with Gasteiger partial charge in [0.05, 0.1) is 42.3 Å². The van der Waals surface area contributed by atoms with Gasteiger partial charge in [0.25, 0.3) is 10.0 Å². The van der Waals surface area contributed by atoms with Crippen molar-refractivity contribution < 1.29 is 22.7 Å². The van der Waals surface area contributed by atoms with Gasteiger partial charge in [0, 0.05) is 17.6 Å². The molecule has 1 fully saturated rings. The molecule has 28 heavy (non-hydrogen) atoms. The van der Waals surface area contributed by atoms with Gasteiger partial charge in [-0.05, 0) is 30.3 Å². The van der Waals surface area contributed by atoms with E-state index in [4.69, 9.17) is 21.1 Å². The lowest BCUT2D eigenvalue weighted by Crippen LogP contribution is -2.37. The van der Waals surface area contributed by atoms with Gasteiger partial charge in [0.1, 0.15) is 4.90 Å². The Morgan fingerprint density at radius 2 is 1.96 bits per heavy atom. The van der Waals surface area contributed by atoms with Gasteiger partial charge in [0.15, 0.2) is 0 Å². The fraction of sp³-hybridized carbons (Fsp3) is 0.278. The summed E-state index contributed by atoms with van der Waals surface area (Å²) in [5, 5.41) is 0.422. The van der Waals surface area contributed by atoms with E-state index in [-0.39, 0.29) is 10.5 Å². The summed E-state index contributed by atoms with van der Waals surface area (Å²) in [6.45, 7) is 2.22. The molecule has 150 valence electrons. The van der Waals surface area contributed by atoms with Crippen molar-refractivity contribution in [3.63, 3.8) is 0 Å². The minimum Gasteiger partial charge on any atom is -0.465 e. The van der Waals surface area contributed by atoms with E-state index in [1.54, 1.807) is 24.3 Å². The van der Waals surface area contributed by atoms with Crippen LogP contribution in [-0.4, -0.2) is 47.8 Å². The van der Waals surface area contributed by atoms with Gasteiger partial charge in [-0.3, -0.25) is 4.72 Å². The summed E-state index contributed by atoms with van der Waals surface area (Å²) in [7, 11) is -2.89. The molecule has 1 N–H and O–H groups in total. The van der Waals surface area contributed by atoms with Gasteiger partial charge < -0.3 is 14.4 Å². The molecule has 0 unspecified atom stereocenters. The Hall–Kier alpha value is -1.81. The van der Waals surface area contributed by atoms with Crippen molar-refractivity contribution in [1.82, 2.24) is 0 Å².